The molecule has 1 heterocycles. The topological polar surface area (TPSA) is 77.1 Å². The fraction of sp³-hybridized carbons (Fsp3) is 0.636. The molecule has 0 aromatic carbocycles. The van der Waals surface area contributed by atoms with E-state index in [0.29, 0.717) is 13.1 Å². The van der Waals surface area contributed by atoms with Gasteiger partial charge in [0.1, 0.15) is 0 Å². The Labute approximate surface area is 113 Å². The third-order valence-electron chi connectivity index (χ3n) is 2.58. The number of thioether (sulfide) groups is 1. The standard InChI is InChI=1S/C11H21N3O2S2/c1-9(2)14-8-11(6-10(14)7-12)18(15,16)13-4-5-17-3/h6,8-9,13H,4-5,7,12H2,1-3H3. The quantitative estimate of drug-likeness (QED) is 0.739. The van der Waals surface area contributed by atoms with Gasteiger partial charge >= 0.3 is 0 Å². The van der Waals surface area contributed by atoms with Crippen LogP contribution in [0.3, 0.4) is 0 Å². The minimum atomic E-state index is -3.42. The molecule has 0 spiro atoms. The van der Waals surface area contributed by atoms with Crippen LogP contribution >= 0.6 is 11.8 Å². The van der Waals surface area contributed by atoms with Crippen LogP contribution in [0.25, 0.3) is 0 Å². The number of aromatic nitrogens is 1. The van der Waals surface area contributed by atoms with Crippen LogP contribution < -0.4 is 10.5 Å². The number of hydrogen-bond acceptors (Lipinski definition) is 4. The smallest absolute Gasteiger partial charge is 0.242 e. The monoisotopic (exact) mass is 291 g/mol. The van der Waals surface area contributed by atoms with E-state index in [1.54, 1.807) is 24.0 Å². The molecule has 0 aliphatic rings. The Morgan fingerprint density at radius 1 is 1.50 bits per heavy atom. The molecule has 1 rings (SSSR count). The van der Waals surface area contributed by atoms with Crippen LogP contribution in [0.1, 0.15) is 25.6 Å². The molecule has 0 saturated heterocycles. The molecule has 5 nitrogen and oxygen atoms in total. The third kappa shape index (κ3) is 3.74. The van der Waals surface area contributed by atoms with Crippen molar-refractivity contribution in [3.63, 3.8) is 0 Å². The van der Waals surface area contributed by atoms with E-state index in [9.17, 15) is 8.42 Å². The Hall–Kier alpha value is -0.500. The van der Waals surface area contributed by atoms with Crippen molar-refractivity contribution in [1.29, 1.82) is 0 Å². The van der Waals surface area contributed by atoms with Crippen molar-refractivity contribution in [2.24, 2.45) is 5.73 Å². The van der Waals surface area contributed by atoms with Crippen molar-refractivity contribution < 1.29 is 8.42 Å². The first-order valence-corrected chi connectivity index (χ1v) is 8.69. The molecule has 0 aliphatic carbocycles. The summed E-state index contributed by atoms with van der Waals surface area (Å²) in [5.74, 6) is 0.758. The Kier molecular flexibility index (Phi) is 5.71. The van der Waals surface area contributed by atoms with Gasteiger partial charge in [-0.05, 0) is 26.2 Å². The number of nitrogens with one attached hydrogen (secondary N) is 1. The van der Waals surface area contributed by atoms with Crippen LogP contribution in [0.5, 0.6) is 0 Å². The third-order valence-corrected chi connectivity index (χ3v) is 4.62. The maximum absolute atomic E-state index is 12.0. The molecule has 104 valence electrons. The fourth-order valence-corrected chi connectivity index (χ4v) is 3.17. The first-order valence-electron chi connectivity index (χ1n) is 5.81. The van der Waals surface area contributed by atoms with Crippen LogP contribution in [-0.2, 0) is 16.6 Å². The maximum Gasteiger partial charge on any atom is 0.242 e. The van der Waals surface area contributed by atoms with Gasteiger partial charge in [0, 0.05) is 36.8 Å². The normalized spacial score (nSPS) is 12.3. The molecule has 0 fully saturated rings. The Morgan fingerprint density at radius 3 is 2.61 bits per heavy atom. The van der Waals surface area contributed by atoms with Gasteiger partial charge in [-0.25, -0.2) is 13.1 Å². The zero-order valence-corrected chi connectivity index (χ0v) is 12.6. The predicted molar refractivity (Wildman–Crippen MR) is 76.3 cm³/mol. The lowest BCUT2D eigenvalue weighted by Crippen LogP contribution is -2.25. The molecule has 18 heavy (non-hydrogen) atoms. The van der Waals surface area contributed by atoms with E-state index < -0.39 is 10.0 Å². The van der Waals surface area contributed by atoms with E-state index in [1.165, 1.54) is 0 Å². The Morgan fingerprint density at radius 2 is 2.17 bits per heavy atom. The number of nitrogens with zero attached hydrogens (tertiary/aromatic N) is 1. The SMILES string of the molecule is CSCCNS(=O)(=O)c1cc(CN)n(C(C)C)c1. The minimum absolute atomic E-state index is 0.193. The first-order chi connectivity index (χ1) is 8.42. The summed E-state index contributed by atoms with van der Waals surface area (Å²) >= 11 is 1.60. The highest BCUT2D eigenvalue weighted by molar-refractivity contribution is 7.98. The second-order valence-electron chi connectivity index (χ2n) is 4.26. The number of nitrogens with two attached hydrogens (primary N) is 1. The molecule has 0 aliphatic heterocycles. The van der Waals surface area contributed by atoms with Crippen molar-refractivity contribution >= 4 is 21.8 Å². The van der Waals surface area contributed by atoms with Gasteiger partial charge in [-0.1, -0.05) is 0 Å². The molecule has 0 atom stereocenters. The number of sulfonamides is 1. The van der Waals surface area contributed by atoms with Crippen molar-refractivity contribution in [1.82, 2.24) is 9.29 Å². The number of rotatable bonds is 7. The second-order valence-corrected chi connectivity index (χ2v) is 7.02. The fourth-order valence-electron chi connectivity index (χ4n) is 1.65. The van der Waals surface area contributed by atoms with E-state index >= 15 is 0 Å². The van der Waals surface area contributed by atoms with Gasteiger partial charge in [-0.3, -0.25) is 0 Å². The highest BCUT2D eigenvalue weighted by Crippen LogP contribution is 2.18. The molecule has 1 aromatic heterocycles. The van der Waals surface area contributed by atoms with Gasteiger partial charge in [0.2, 0.25) is 10.0 Å². The summed E-state index contributed by atoms with van der Waals surface area (Å²) in [7, 11) is -3.42. The van der Waals surface area contributed by atoms with Crippen LogP contribution in [-0.4, -0.2) is 31.5 Å². The summed E-state index contributed by atoms with van der Waals surface area (Å²) in [6.45, 7) is 4.76. The van der Waals surface area contributed by atoms with Crippen molar-refractivity contribution in [2.45, 2.75) is 31.3 Å². The minimum Gasteiger partial charge on any atom is -0.346 e. The summed E-state index contributed by atoms with van der Waals surface area (Å²) in [5, 5.41) is 0. The van der Waals surface area contributed by atoms with Crippen molar-refractivity contribution in [3.05, 3.63) is 18.0 Å². The van der Waals surface area contributed by atoms with Crippen molar-refractivity contribution in [3.8, 4) is 0 Å². The molecular weight excluding hydrogens is 270 g/mol. The average molecular weight is 291 g/mol. The molecular formula is C11H21N3O2S2. The summed E-state index contributed by atoms with van der Waals surface area (Å²) in [6.07, 6.45) is 3.59. The van der Waals surface area contributed by atoms with Gasteiger partial charge < -0.3 is 10.3 Å². The van der Waals surface area contributed by atoms with Gasteiger partial charge in [0.15, 0.2) is 0 Å². The van der Waals surface area contributed by atoms with Crippen LogP contribution in [0, 0.1) is 0 Å². The summed E-state index contributed by atoms with van der Waals surface area (Å²) in [5.41, 5.74) is 6.46. The van der Waals surface area contributed by atoms with E-state index in [4.69, 9.17) is 5.73 Å². The predicted octanol–water partition coefficient (Wildman–Crippen LogP) is 1.17. The van der Waals surface area contributed by atoms with Crippen molar-refractivity contribution in [2.75, 3.05) is 18.6 Å². The molecule has 1 aromatic rings. The van der Waals surface area contributed by atoms with E-state index in [2.05, 4.69) is 4.72 Å². The zero-order chi connectivity index (χ0) is 13.8. The number of hydrogen-bond donors (Lipinski definition) is 2. The highest BCUT2D eigenvalue weighted by atomic mass is 32.2. The highest BCUT2D eigenvalue weighted by Gasteiger charge is 2.18. The molecule has 0 unspecified atom stereocenters. The van der Waals surface area contributed by atoms with Gasteiger partial charge in [-0.15, -0.1) is 0 Å². The maximum atomic E-state index is 12.0. The Bertz CT molecular complexity index is 480. The molecule has 0 amide bonds. The molecule has 3 N–H and O–H groups in total. The van der Waals surface area contributed by atoms with Gasteiger partial charge in [0.25, 0.3) is 0 Å². The van der Waals surface area contributed by atoms with E-state index in [1.807, 2.05) is 24.7 Å². The Balaban J connectivity index is 2.95. The van der Waals surface area contributed by atoms with Crippen LogP contribution in [0.4, 0.5) is 0 Å². The van der Waals surface area contributed by atoms with Gasteiger partial charge in [0.05, 0.1) is 4.90 Å². The summed E-state index contributed by atoms with van der Waals surface area (Å²) in [4.78, 5) is 0.290. The molecule has 7 heteroatoms. The van der Waals surface area contributed by atoms with E-state index in [0.717, 1.165) is 11.4 Å². The zero-order valence-electron chi connectivity index (χ0n) is 11.0. The largest absolute Gasteiger partial charge is 0.346 e. The summed E-state index contributed by atoms with van der Waals surface area (Å²) < 4.78 is 28.5. The van der Waals surface area contributed by atoms with E-state index in [-0.39, 0.29) is 10.9 Å². The van der Waals surface area contributed by atoms with Gasteiger partial charge in [-0.2, -0.15) is 11.8 Å². The molecule has 0 saturated carbocycles. The second kappa shape index (κ2) is 6.60. The molecule has 0 radical (unpaired) electrons. The summed E-state index contributed by atoms with van der Waals surface area (Å²) in [6, 6.07) is 1.83. The van der Waals surface area contributed by atoms with Crippen LogP contribution in [0.15, 0.2) is 17.2 Å². The lowest BCUT2D eigenvalue weighted by molar-refractivity contribution is 0.570. The van der Waals surface area contributed by atoms with Crippen LogP contribution in [0.2, 0.25) is 0 Å². The molecule has 0 bridgehead atoms. The lowest BCUT2D eigenvalue weighted by Gasteiger charge is -2.10. The average Bonchev–Trinajstić information content (AvgIpc) is 2.74. The lowest BCUT2D eigenvalue weighted by atomic mass is 10.3. The first kappa shape index (κ1) is 15.6.